The summed E-state index contributed by atoms with van der Waals surface area (Å²) in [6.07, 6.45) is 0. The second-order valence-electron chi connectivity index (χ2n) is 6.80. The van der Waals surface area contributed by atoms with Crippen molar-refractivity contribution < 1.29 is 14.3 Å². The first-order chi connectivity index (χ1) is 14.0. The fourth-order valence-corrected chi connectivity index (χ4v) is 3.70. The summed E-state index contributed by atoms with van der Waals surface area (Å²) in [5.41, 5.74) is 3.86. The predicted molar refractivity (Wildman–Crippen MR) is 117 cm³/mol. The SMILES string of the molecule is COc1ccc(-c2nc(CN(C)CC(=O)Nc3ccc(C)cc3)cs2)cc1OC. The van der Waals surface area contributed by atoms with Crippen LogP contribution in [0.25, 0.3) is 10.6 Å². The van der Waals surface area contributed by atoms with Gasteiger partial charge in [-0.25, -0.2) is 4.98 Å². The number of ether oxygens (including phenoxy) is 2. The number of likely N-dealkylation sites (N-methyl/N-ethyl adjacent to an activating group) is 1. The van der Waals surface area contributed by atoms with E-state index in [1.807, 2.05) is 66.7 Å². The van der Waals surface area contributed by atoms with E-state index < -0.39 is 0 Å². The lowest BCUT2D eigenvalue weighted by Crippen LogP contribution is -2.29. The minimum absolute atomic E-state index is 0.0494. The van der Waals surface area contributed by atoms with E-state index in [0.717, 1.165) is 27.5 Å². The molecule has 1 heterocycles. The lowest BCUT2D eigenvalue weighted by Gasteiger charge is -2.15. The number of hydrogen-bond acceptors (Lipinski definition) is 6. The molecule has 3 rings (SSSR count). The summed E-state index contributed by atoms with van der Waals surface area (Å²) in [5, 5.41) is 5.83. The summed E-state index contributed by atoms with van der Waals surface area (Å²) >= 11 is 1.57. The lowest BCUT2D eigenvalue weighted by molar-refractivity contribution is -0.117. The number of methoxy groups -OCH3 is 2. The first kappa shape index (κ1) is 20.8. The molecule has 7 heteroatoms. The van der Waals surface area contributed by atoms with Gasteiger partial charge >= 0.3 is 0 Å². The molecule has 0 aliphatic heterocycles. The summed E-state index contributed by atoms with van der Waals surface area (Å²) in [6, 6.07) is 13.5. The van der Waals surface area contributed by atoms with Crippen molar-refractivity contribution in [3.05, 3.63) is 59.1 Å². The third-order valence-corrected chi connectivity index (χ3v) is 5.30. The number of amides is 1. The molecular weight excluding hydrogens is 386 g/mol. The second-order valence-corrected chi connectivity index (χ2v) is 7.66. The maximum absolute atomic E-state index is 12.3. The van der Waals surface area contributed by atoms with Crippen LogP contribution in [0.3, 0.4) is 0 Å². The number of aryl methyl sites for hydroxylation is 1. The van der Waals surface area contributed by atoms with E-state index in [9.17, 15) is 4.79 Å². The molecule has 152 valence electrons. The summed E-state index contributed by atoms with van der Waals surface area (Å²) in [5.74, 6) is 1.31. The summed E-state index contributed by atoms with van der Waals surface area (Å²) in [4.78, 5) is 18.9. The van der Waals surface area contributed by atoms with Crippen molar-refractivity contribution in [1.82, 2.24) is 9.88 Å². The Kier molecular flexibility index (Phi) is 6.85. The highest BCUT2D eigenvalue weighted by Crippen LogP contribution is 2.33. The molecule has 0 unspecified atom stereocenters. The maximum atomic E-state index is 12.3. The fourth-order valence-electron chi connectivity index (χ4n) is 2.90. The predicted octanol–water partition coefficient (Wildman–Crippen LogP) is 4.21. The van der Waals surface area contributed by atoms with Crippen molar-refractivity contribution in [3.63, 3.8) is 0 Å². The Balaban J connectivity index is 1.59. The highest BCUT2D eigenvalue weighted by Gasteiger charge is 2.12. The number of aromatic nitrogens is 1. The van der Waals surface area contributed by atoms with E-state index in [2.05, 4.69) is 5.32 Å². The Morgan fingerprint density at radius 3 is 2.52 bits per heavy atom. The minimum Gasteiger partial charge on any atom is -0.493 e. The minimum atomic E-state index is -0.0494. The monoisotopic (exact) mass is 411 g/mol. The number of anilines is 1. The molecule has 0 aliphatic rings. The first-order valence-corrected chi connectivity index (χ1v) is 10.1. The van der Waals surface area contributed by atoms with Gasteiger partial charge in [0.05, 0.1) is 26.5 Å². The number of rotatable bonds is 8. The van der Waals surface area contributed by atoms with Gasteiger partial charge in [0.15, 0.2) is 11.5 Å². The molecule has 0 fully saturated rings. The number of nitrogens with zero attached hydrogens (tertiary/aromatic N) is 2. The van der Waals surface area contributed by atoms with Gasteiger partial charge in [0.25, 0.3) is 0 Å². The van der Waals surface area contributed by atoms with E-state index in [1.165, 1.54) is 0 Å². The third kappa shape index (κ3) is 5.56. The second kappa shape index (κ2) is 9.54. The molecule has 1 amide bonds. The topological polar surface area (TPSA) is 63.7 Å². The number of carbonyl (C=O) groups excluding carboxylic acids is 1. The van der Waals surface area contributed by atoms with E-state index in [-0.39, 0.29) is 12.5 Å². The van der Waals surface area contributed by atoms with Gasteiger partial charge in [-0.05, 0) is 44.3 Å². The highest BCUT2D eigenvalue weighted by molar-refractivity contribution is 7.13. The smallest absolute Gasteiger partial charge is 0.238 e. The van der Waals surface area contributed by atoms with Crippen molar-refractivity contribution in [2.75, 3.05) is 33.1 Å². The molecule has 0 atom stereocenters. The Morgan fingerprint density at radius 1 is 1.10 bits per heavy atom. The van der Waals surface area contributed by atoms with Crippen LogP contribution in [-0.4, -0.2) is 43.6 Å². The third-order valence-electron chi connectivity index (χ3n) is 4.36. The van der Waals surface area contributed by atoms with E-state index >= 15 is 0 Å². The maximum Gasteiger partial charge on any atom is 0.238 e. The number of nitrogens with one attached hydrogen (secondary N) is 1. The number of hydrogen-bond donors (Lipinski definition) is 1. The Morgan fingerprint density at radius 2 is 1.83 bits per heavy atom. The van der Waals surface area contributed by atoms with E-state index in [1.54, 1.807) is 25.6 Å². The largest absolute Gasteiger partial charge is 0.493 e. The average molecular weight is 412 g/mol. The normalized spacial score (nSPS) is 10.8. The Bertz CT molecular complexity index is 970. The average Bonchev–Trinajstić information content (AvgIpc) is 3.17. The van der Waals surface area contributed by atoms with Crippen LogP contribution in [-0.2, 0) is 11.3 Å². The fraction of sp³-hybridized carbons (Fsp3) is 0.273. The van der Waals surface area contributed by atoms with Gasteiger partial charge in [-0.15, -0.1) is 11.3 Å². The molecule has 29 heavy (non-hydrogen) atoms. The van der Waals surface area contributed by atoms with Crippen molar-refractivity contribution in [2.45, 2.75) is 13.5 Å². The summed E-state index contributed by atoms with van der Waals surface area (Å²) in [7, 11) is 5.14. The molecule has 1 aromatic heterocycles. The van der Waals surface area contributed by atoms with Crippen LogP contribution in [0.15, 0.2) is 47.8 Å². The Hall–Kier alpha value is -2.90. The quantitative estimate of drug-likeness (QED) is 0.602. The van der Waals surface area contributed by atoms with Crippen molar-refractivity contribution in [3.8, 4) is 22.1 Å². The van der Waals surface area contributed by atoms with Crippen molar-refractivity contribution in [2.24, 2.45) is 0 Å². The van der Waals surface area contributed by atoms with Gasteiger partial charge in [-0.2, -0.15) is 0 Å². The number of benzene rings is 2. The Labute approximate surface area is 175 Å². The zero-order chi connectivity index (χ0) is 20.8. The van der Waals surface area contributed by atoms with Crippen molar-refractivity contribution in [1.29, 1.82) is 0 Å². The van der Waals surface area contributed by atoms with Crippen LogP contribution >= 0.6 is 11.3 Å². The zero-order valence-corrected chi connectivity index (χ0v) is 17.9. The molecule has 2 aromatic carbocycles. The zero-order valence-electron chi connectivity index (χ0n) is 17.1. The molecule has 1 N–H and O–H groups in total. The standard InChI is InChI=1S/C22H25N3O3S/c1-15-5-8-17(9-6-15)23-21(26)13-25(2)12-18-14-29-22(24-18)16-7-10-19(27-3)20(11-16)28-4/h5-11,14H,12-13H2,1-4H3,(H,23,26). The molecular formula is C22H25N3O3S. The van der Waals surface area contributed by atoms with Gasteiger partial charge in [0, 0.05) is 23.2 Å². The summed E-state index contributed by atoms with van der Waals surface area (Å²) < 4.78 is 10.7. The van der Waals surface area contributed by atoms with Crippen LogP contribution in [0.4, 0.5) is 5.69 Å². The van der Waals surface area contributed by atoms with Gasteiger partial charge < -0.3 is 14.8 Å². The van der Waals surface area contributed by atoms with Gasteiger partial charge in [-0.1, -0.05) is 17.7 Å². The van der Waals surface area contributed by atoms with Crippen LogP contribution in [0.5, 0.6) is 11.5 Å². The first-order valence-electron chi connectivity index (χ1n) is 9.20. The van der Waals surface area contributed by atoms with Gasteiger partial charge in [0.1, 0.15) is 5.01 Å². The molecule has 0 spiro atoms. The van der Waals surface area contributed by atoms with Gasteiger partial charge in [0.2, 0.25) is 5.91 Å². The molecule has 6 nitrogen and oxygen atoms in total. The highest BCUT2D eigenvalue weighted by atomic mass is 32.1. The number of carbonyl (C=O) groups is 1. The van der Waals surface area contributed by atoms with Crippen LogP contribution in [0.1, 0.15) is 11.3 Å². The number of thiazole rings is 1. The lowest BCUT2D eigenvalue weighted by atomic mass is 10.2. The van der Waals surface area contributed by atoms with Crippen molar-refractivity contribution >= 4 is 22.9 Å². The molecule has 0 radical (unpaired) electrons. The van der Waals surface area contributed by atoms with E-state index in [4.69, 9.17) is 14.5 Å². The van der Waals surface area contributed by atoms with Crippen LogP contribution in [0.2, 0.25) is 0 Å². The molecule has 0 aliphatic carbocycles. The molecule has 0 saturated heterocycles. The van der Waals surface area contributed by atoms with E-state index in [0.29, 0.717) is 18.0 Å². The van der Waals surface area contributed by atoms with Crippen LogP contribution in [0, 0.1) is 6.92 Å². The summed E-state index contributed by atoms with van der Waals surface area (Å²) in [6.45, 7) is 2.89. The molecule has 3 aromatic rings. The molecule has 0 bridgehead atoms. The molecule has 0 saturated carbocycles. The van der Waals surface area contributed by atoms with Gasteiger partial charge in [-0.3, -0.25) is 9.69 Å². The van der Waals surface area contributed by atoms with Crippen LogP contribution < -0.4 is 14.8 Å².